The third-order valence-corrected chi connectivity index (χ3v) is 4.34. The van der Waals surface area contributed by atoms with E-state index in [1.807, 2.05) is 0 Å². The lowest BCUT2D eigenvalue weighted by molar-refractivity contribution is 0.464. The van der Waals surface area contributed by atoms with Crippen molar-refractivity contribution in [3.63, 3.8) is 0 Å². The molecular weight excluding hydrogens is 236 g/mol. The van der Waals surface area contributed by atoms with Crippen molar-refractivity contribution in [1.29, 1.82) is 0 Å². The highest BCUT2D eigenvalue weighted by Crippen LogP contribution is 2.17. The molecule has 0 amide bonds. The summed E-state index contributed by atoms with van der Waals surface area (Å²) in [6.45, 7) is 2.21. The Bertz CT molecular complexity index is 500. The van der Waals surface area contributed by atoms with Crippen LogP contribution in [0.4, 0.5) is 5.69 Å². The van der Waals surface area contributed by atoms with Gasteiger partial charge in [0.1, 0.15) is 0 Å². The summed E-state index contributed by atoms with van der Waals surface area (Å²) in [6, 6.07) is 6.58. The molecule has 0 aromatic heterocycles. The van der Waals surface area contributed by atoms with Crippen LogP contribution in [0.3, 0.4) is 0 Å². The van der Waals surface area contributed by atoms with Crippen molar-refractivity contribution in [2.24, 2.45) is 0 Å². The van der Waals surface area contributed by atoms with Crippen molar-refractivity contribution in [2.45, 2.75) is 11.8 Å². The first-order valence-corrected chi connectivity index (χ1v) is 6.71. The quantitative estimate of drug-likeness (QED) is 0.805. The number of nitrogens with zero attached hydrogens (tertiary/aromatic N) is 1. The minimum Gasteiger partial charge on any atom is -0.388 e. The van der Waals surface area contributed by atoms with E-state index < -0.39 is 10.0 Å². The van der Waals surface area contributed by atoms with Crippen molar-refractivity contribution in [2.75, 3.05) is 25.5 Å². The van der Waals surface area contributed by atoms with Crippen molar-refractivity contribution in [3.05, 3.63) is 24.3 Å². The Morgan fingerprint density at radius 3 is 2.35 bits per heavy atom. The first-order valence-electron chi connectivity index (χ1n) is 5.27. The summed E-state index contributed by atoms with van der Waals surface area (Å²) in [5, 5.41) is 2.93. The molecule has 0 aliphatic heterocycles. The van der Waals surface area contributed by atoms with Crippen LogP contribution in [0.5, 0.6) is 0 Å². The van der Waals surface area contributed by atoms with E-state index in [-0.39, 0.29) is 11.4 Å². The zero-order valence-electron chi connectivity index (χ0n) is 9.97. The molecule has 17 heavy (non-hydrogen) atoms. The molecule has 0 saturated carbocycles. The summed E-state index contributed by atoms with van der Waals surface area (Å²) >= 11 is 0. The number of rotatable bonds is 5. The van der Waals surface area contributed by atoms with E-state index in [4.69, 9.17) is 6.42 Å². The van der Waals surface area contributed by atoms with Crippen LogP contribution in [0.15, 0.2) is 29.2 Å². The minimum absolute atomic E-state index is 0.0899. The van der Waals surface area contributed by atoms with Crippen LogP contribution >= 0.6 is 0 Å². The van der Waals surface area contributed by atoms with Gasteiger partial charge in [-0.25, -0.2) is 8.42 Å². The molecule has 0 atom stereocenters. The molecule has 4 nitrogen and oxygen atoms in total. The Hall–Kier alpha value is -1.51. The number of anilines is 1. The van der Waals surface area contributed by atoms with Crippen LogP contribution in [-0.2, 0) is 10.0 Å². The van der Waals surface area contributed by atoms with E-state index in [1.54, 1.807) is 38.2 Å². The molecule has 0 radical (unpaired) electrons. The number of hydrogen-bond donors (Lipinski definition) is 1. The van der Waals surface area contributed by atoms with Gasteiger partial charge in [0.05, 0.1) is 11.4 Å². The Morgan fingerprint density at radius 1 is 1.35 bits per heavy atom. The van der Waals surface area contributed by atoms with Crippen molar-refractivity contribution < 1.29 is 8.42 Å². The summed E-state index contributed by atoms with van der Waals surface area (Å²) in [5.41, 5.74) is 0.865. The molecular formula is C12H16N2O2S. The Labute approximate surface area is 103 Å². The molecule has 92 valence electrons. The topological polar surface area (TPSA) is 49.4 Å². The van der Waals surface area contributed by atoms with Gasteiger partial charge in [-0.2, -0.15) is 4.31 Å². The van der Waals surface area contributed by atoms with Gasteiger partial charge in [-0.1, -0.05) is 12.8 Å². The molecule has 0 saturated heterocycles. The number of sulfonamides is 1. The van der Waals surface area contributed by atoms with Crippen LogP contribution in [0.25, 0.3) is 0 Å². The molecule has 0 aliphatic carbocycles. The van der Waals surface area contributed by atoms with E-state index >= 15 is 0 Å². The highest BCUT2D eigenvalue weighted by molar-refractivity contribution is 7.89. The van der Waals surface area contributed by atoms with E-state index in [2.05, 4.69) is 11.2 Å². The molecule has 0 unspecified atom stereocenters. The number of nitrogens with one attached hydrogen (secondary N) is 1. The summed E-state index contributed by atoms with van der Waals surface area (Å²) in [5.74, 6) is 2.35. The van der Waals surface area contributed by atoms with Crippen LogP contribution in [0.2, 0.25) is 0 Å². The fourth-order valence-corrected chi connectivity index (χ4v) is 2.77. The van der Waals surface area contributed by atoms with Crippen molar-refractivity contribution in [1.82, 2.24) is 4.31 Å². The maximum Gasteiger partial charge on any atom is 0.243 e. The lowest BCUT2D eigenvalue weighted by Crippen LogP contribution is -2.31. The fourth-order valence-electron chi connectivity index (χ4n) is 1.41. The number of benzene rings is 1. The smallest absolute Gasteiger partial charge is 0.243 e. The molecule has 1 aromatic rings. The second kappa shape index (κ2) is 5.71. The van der Waals surface area contributed by atoms with Gasteiger partial charge in [0.15, 0.2) is 0 Å². The molecule has 1 N–H and O–H groups in total. The minimum atomic E-state index is -3.48. The maximum atomic E-state index is 12.2. The third-order valence-electron chi connectivity index (χ3n) is 2.40. The van der Waals surface area contributed by atoms with Crippen LogP contribution in [-0.4, -0.2) is 32.9 Å². The Kier molecular flexibility index (Phi) is 4.55. The first kappa shape index (κ1) is 13.6. The third kappa shape index (κ3) is 2.99. The summed E-state index contributed by atoms with van der Waals surface area (Å²) < 4.78 is 25.6. The number of terminal acetylenes is 1. The lowest BCUT2D eigenvalue weighted by atomic mass is 10.3. The summed E-state index contributed by atoms with van der Waals surface area (Å²) in [6.07, 6.45) is 5.16. The highest BCUT2D eigenvalue weighted by atomic mass is 32.2. The summed E-state index contributed by atoms with van der Waals surface area (Å²) in [7, 11) is -1.70. The van der Waals surface area contributed by atoms with E-state index in [9.17, 15) is 8.42 Å². The predicted octanol–water partition coefficient (Wildman–Crippen LogP) is 1.37. The largest absolute Gasteiger partial charge is 0.388 e. The average Bonchev–Trinajstić information content (AvgIpc) is 2.35. The molecule has 1 rings (SSSR count). The average molecular weight is 252 g/mol. The Balaban J connectivity index is 3.08. The van der Waals surface area contributed by atoms with Gasteiger partial charge in [0.25, 0.3) is 0 Å². The van der Waals surface area contributed by atoms with Crippen LogP contribution in [0.1, 0.15) is 6.92 Å². The maximum absolute atomic E-state index is 12.2. The zero-order valence-corrected chi connectivity index (χ0v) is 10.8. The summed E-state index contributed by atoms with van der Waals surface area (Å²) in [4.78, 5) is 0.258. The van der Waals surface area contributed by atoms with Gasteiger partial charge >= 0.3 is 0 Å². The fraction of sp³-hybridized carbons (Fsp3) is 0.333. The van der Waals surface area contributed by atoms with Gasteiger partial charge in [0.2, 0.25) is 10.0 Å². The SMILES string of the molecule is C#CCN(CC)S(=O)(=O)c1ccc(NC)cc1. The second-order valence-corrected chi connectivity index (χ2v) is 5.35. The van der Waals surface area contributed by atoms with E-state index in [1.165, 1.54) is 4.31 Å². The standard InChI is InChI=1S/C12H16N2O2S/c1-4-10-14(5-2)17(15,16)12-8-6-11(13-3)7-9-12/h1,6-9,13H,5,10H2,2-3H3. The van der Waals surface area contributed by atoms with Gasteiger partial charge in [-0.3, -0.25) is 0 Å². The van der Waals surface area contributed by atoms with Crippen molar-refractivity contribution >= 4 is 15.7 Å². The highest BCUT2D eigenvalue weighted by Gasteiger charge is 2.21. The zero-order chi connectivity index (χ0) is 12.9. The molecule has 0 bridgehead atoms. The Morgan fingerprint density at radius 2 is 1.94 bits per heavy atom. The van der Waals surface area contributed by atoms with Gasteiger partial charge < -0.3 is 5.32 Å². The monoisotopic (exact) mass is 252 g/mol. The molecule has 5 heteroatoms. The van der Waals surface area contributed by atoms with Crippen LogP contribution in [0, 0.1) is 12.3 Å². The van der Waals surface area contributed by atoms with Gasteiger partial charge in [-0.05, 0) is 24.3 Å². The molecule has 0 heterocycles. The normalized spacial score (nSPS) is 11.2. The first-order chi connectivity index (χ1) is 8.06. The molecule has 0 aliphatic rings. The molecule has 0 spiro atoms. The van der Waals surface area contributed by atoms with Crippen molar-refractivity contribution in [3.8, 4) is 12.3 Å². The lowest BCUT2D eigenvalue weighted by Gasteiger charge is -2.17. The van der Waals surface area contributed by atoms with E-state index in [0.29, 0.717) is 6.54 Å². The predicted molar refractivity (Wildman–Crippen MR) is 69.3 cm³/mol. The van der Waals surface area contributed by atoms with Gasteiger partial charge in [0, 0.05) is 19.3 Å². The van der Waals surface area contributed by atoms with Gasteiger partial charge in [-0.15, -0.1) is 6.42 Å². The number of hydrogen-bond acceptors (Lipinski definition) is 3. The second-order valence-electron chi connectivity index (χ2n) is 3.41. The van der Waals surface area contributed by atoms with Crippen LogP contribution < -0.4 is 5.32 Å². The van der Waals surface area contributed by atoms with E-state index in [0.717, 1.165) is 5.69 Å². The molecule has 0 fully saturated rings. The molecule has 1 aromatic carbocycles.